The molecule has 0 aliphatic rings. The highest BCUT2D eigenvalue weighted by Gasteiger charge is 2.14. The van der Waals surface area contributed by atoms with Gasteiger partial charge in [-0.05, 0) is 48.9 Å². The molecule has 3 aromatic rings. The van der Waals surface area contributed by atoms with E-state index in [2.05, 4.69) is 15.5 Å². The Balaban J connectivity index is 1.83. The number of hydrogen-bond acceptors (Lipinski definition) is 4. The van der Waals surface area contributed by atoms with E-state index in [0.29, 0.717) is 28.4 Å². The summed E-state index contributed by atoms with van der Waals surface area (Å²) in [6, 6.07) is 11.4. The Hall–Kier alpha value is -3.35. The number of aromatic amines is 1. The van der Waals surface area contributed by atoms with Crippen LogP contribution in [0.1, 0.15) is 16.1 Å². The second-order valence-electron chi connectivity index (χ2n) is 5.65. The Labute approximate surface area is 150 Å². The Morgan fingerprint density at radius 3 is 2.62 bits per heavy atom. The number of benzene rings is 2. The molecule has 2 N–H and O–H groups in total. The molecule has 1 amide bonds. The van der Waals surface area contributed by atoms with E-state index in [-0.39, 0.29) is 17.4 Å². The van der Waals surface area contributed by atoms with Crippen LogP contribution in [0.15, 0.2) is 42.5 Å². The molecule has 26 heavy (non-hydrogen) atoms. The molecule has 2 aromatic carbocycles. The van der Waals surface area contributed by atoms with E-state index in [4.69, 9.17) is 9.47 Å². The van der Waals surface area contributed by atoms with Crippen LogP contribution in [-0.4, -0.2) is 30.3 Å². The van der Waals surface area contributed by atoms with Crippen molar-refractivity contribution in [2.45, 2.75) is 6.92 Å². The van der Waals surface area contributed by atoms with Gasteiger partial charge >= 0.3 is 0 Å². The zero-order valence-electron chi connectivity index (χ0n) is 14.6. The summed E-state index contributed by atoms with van der Waals surface area (Å²) in [7, 11) is 3.06. The summed E-state index contributed by atoms with van der Waals surface area (Å²) < 4.78 is 23.8. The van der Waals surface area contributed by atoms with Crippen LogP contribution in [0.25, 0.3) is 11.3 Å². The number of hydrogen-bond donors (Lipinski definition) is 2. The third-order valence-electron chi connectivity index (χ3n) is 3.93. The van der Waals surface area contributed by atoms with Gasteiger partial charge in [0.05, 0.1) is 25.6 Å². The van der Waals surface area contributed by atoms with Gasteiger partial charge in [-0.3, -0.25) is 9.89 Å². The van der Waals surface area contributed by atoms with Crippen molar-refractivity contribution in [3.63, 3.8) is 0 Å². The van der Waals surface area contributed by atoms with Crippen LogP contribution in [0.4, 0.5) is 10.1 Å². The molecular weight excluding hydrogens is 337 g/mol. The van der Waals surface area contributed by atoms with Crippen LogP contribution in [0, 0.1) is 12.7 Å². The number of amides is 1. The number of halogens is 1. The monoisotopic (exact) mass is 355 g/mol. The van der Waals surface area contributed by atoms with Gasteiger partial charge in [-0.15, -0.1) is 0 Å². The van der Waals surface area contributed by atoms with Crippen LogP contribution < -0.4 is 14.8 Å². The average Bonchev–Trinajstić information content (AvgIpc) is 3.14. The average molecular weight is 355 g/mol. The molecule has 0 atom stereocenters. The van der Waals surface area contributed by atoms with Crippen molar-refractivity contribution < 1.29 is 18.7 Å². The van der Waals surface area contributed by atoms with Gasteiger partial charge in [0.15, 0.2) is 0 Å². The summed E-state index contributed by atoms with van der Waals surface area (Å²) in [6.45, 7) is 1.67. The Morgan fingerprint density at radius 2 is 1.92 bits per heavy atom. The summed E-state index contributed by atoms with van der Waals surface area (Å²) in [6.07, 6.45) is 0. The Morgan fingerprint density at radius 1 is 1.12 bits per heavy atom. The van der Waals surface area contributed by atoms with Gasteiger partial charge in [0.25, 0.3) is 5.91 Å². The molecule has 3 rings (SSSR count). The van der Waals surface area contributed by atoms with Crippen LogP contribution in [0.3, 0.4) is 0 Å². The molecule has 1 aromatic heterocycles. The van der Waals surface area contributed by atoms with E-state index in [0.717, 1.165) is 5.56 Å². The molecular formula is C19H18FN3O3. The molecule has 0 bridgehead atoms. The molecule has 0 aliphatic heterocycles. The lowest BCUT2D eigenvalue weighted by Gasteiger charge is -2.11. The first-order chi connectivity index (χ1) is 12.5. The number of carbonyl (C=O) groups excluding carboxylic acids is 1. The summed E-state index contributed by atoms with van der Waals surface area (Å²) in [5, 5.41) is 9.59. The number of methoxy groups -OCH3 is 2. The molecule has 0 saturated carbocycles. The van der Waals surface area contributed by atoms with Crippen molar-refractivity contribution in [3.05, 3.63) is 59.5 Å². The van der Waals surface area contributed by atoms with Gasteiger partial charge in [0.2, 0.25) is 0 Å². The van der Waals surface area contributed by atoms with Crippen molar-refractivity contribution in [1.29, 1.82) is 0 Å². The predicted molar refractivity (Wildman–Crippen MR) is 96.2 cm³/mol. The van der Waals surface area contributed by atoms with Crippen molar-refractivity contribution in [3.8, 4) is 22.8 Å². The number of H-pyrrole nitrogens is 1. The molecule has 6 nitrogen and oxygen atoms in total. The zero-order valence-corrected chi connectivity index (χ0v) is 14.6. The lowest BCUT2D eigenvalue weighted by molar-refractivity contribution is 0.102. The summed E-state index contributed by atoms with van der Waals surface area (Å²) >= 11 is 0. The van der Waals surface area contributed by atoms with Gasteiger partial charge in [0.1, 0.15) is 23.0 Å². The first-order valence-corrected chi connectivity index (χ1v) is 7.87. The van der Waals surface area contributed by atoms with Gasteiger partial charge in [0, 0.05) is 11.6 Å². The first kappa shape index (κ1) is 17.5. The third kappa shape index (κ3) is 3.51. The lowest BCUT2D eigenvalue weighted by Crippen LogP contribution is -2.13. The Kier molecular flexibility index (Phi) is 4.88. The molecule has 0 fully saturated rings. The predicted octanol–water partition coefficient (Wildman–Crippen LogP) is 3.79. The topological polar surface area (TPSA) is 76.2 Å². The quantitative estimate of drug-likeness (QED) is 0.730. The minimum absolute atomic E-state index is 0.270. The third-order valence-corrected chi connectivity index (χ3v) is 3.93. The fourth-order valence-corrected chi connectivity index (χ4v) is 2.49. The van der Waals surface area contributed by atoms with E-state index >= 15 is 0 Å². The summed E-state index contributed by atoms with van der Waals surface area (Å²) in [5.74, 6) is 0.433. The number of aryl methyl sites for hydroxylation is 1. The molecule has 134 valence electrons. The van der Waals surface area contributed by atoms with Crippen LogP contribution in [0.5, 0.6) is 11.5 Å². The second-order valence-corrected chi connectivity index (χ2v) is 5.65. The maximum absolute atomic E-state index is 13.4. The van der Waals surface area contributed by atoms with Crippen molar-refractivity contribution in [2.24, 2.45) is 0 Å². The van der Waals surface area contributed by atoms with Crippen molar-refractivity contribution >= 4 is 11.6 Å². The van der Waals surface area contributed by atoms with Gasteiger partial charge in [-0.25, -0.2) is 4.39 Å². The number of rotatable bonds is 5. The summed E-state index contributed by atoms with van der Waals surface area (Å²) in [4.78, 5) is 12.5. The molecule has 0 unspecified atom stereocenters. The van der Waals surface area contributed by atoms with E-state index in [1.54, 1.807) is 50.4 Å². The molecule has 0 aliphatic carbocycles. The van der Waals surface area contributed by atoms with E-state index in [1.807, 2.05) is 0 Å². The van der Waals surface area contributed by atoms with Crippen LogP contribution >= 0.6 is 0 Å². The largest absolute Gasteiger partial charge is 0.497 e. The highest BCUT2D eigenvalue weighted by atomic mass is 19.1. The van der Waals surface area contributed by atoms with Crippen LogP contribution in [0.2, 0.25) is 0 Å². The summed E-state index contributed by atoms with van der Waals surface area (Å²) in [5.41, 5.74) is 2.53. The number of carbonyl (C=O) groups is 1. The molecule has 0 radical (unpaired) electrons. The van der Waals surface area contributed by atoms with Gasteiger partial charge in [-0.2, -0.15) is 5.10 Å². The molecule has 0 spiro atoms. The van der Waals surface area contributed by atoms with E-state index in [1.165, 1.54) is 13.2 Å². The van der Waals surface area contributed by atoms with Gasteiger partial charge < -0.3 is 14.8 Å². The highest BCUT2D eigenvalue weighted by Crippen LogP contribution is 2.29. The highest BCUT2D eigenvalue weighted by molar-refractivity contribution is 6.04. The number of anilines is 1. The number of ether oxygens (including phenoxy) is 2. The number of nitrogens with one attached hydrogen (secondary N) is 2. The van der Waals surface area contributed by atoms with Gasteiger partial charge in [-0.1, -0.05) is 0 Å². The second kappa shape index (κ2) is 7.26. The van der Waals surface area contributed by atoms with Crippen molar-refractivity contribution in [2.75, 3.05) is 19.5 Å². The number of aromatic nitrogens is 2. The van der Waals surface area contributed by atoms with E-state index in [9.17, 15) is 9.18 Å². The van der Waals surface area contributed by atoms with Crippen molar-refractivity contribution in [1.82, 2.24) is 10.2 Å². The zero-order chi connectivity index (χ0) is 18.7. The maximum atomic E-state index is 13.4. The molecule has 7 heteroatoms. The Bertz CT molecular complexity index is 953. The number of nitrogens with zero attached hydrogens (tertiary/aromatic N) is 1. The normalized spacial score (nSPS) is 10.5. The smallest absolute Gasteiger partial charge is 0.273 e. The lowest BCUT2D eigenvalue weighted by atomic mass is 10.1. The SMILES string of the molecule is COc1ccc(OC)c(NC(=O)c2cc(-c3ccc(F)c(C)c3)n[nH]2)c1. The molecule has 1 heterocycles. The minimum atomic E-state index is -0.380. The minimum Gasteiger partial charge on any atom is -0.497 e. The fraction of sp³-hybridized carbons (Fsp3) is 0.158. The first-order valence-electron chi connectivity index (χ1n) is 7.87. The fourth-order valence-electron chi connectivity index (χ4n) is 2.49. The van der Waals surface area contributed by atoms with E-state index < -0.39 is 0 Å². The standard InChI is InChI=1S/C19H18FN3O3/c1-11-8-12(4-6-14(11)20)15-10-17(23-22-15)19(24)21-16-9-13(25-2)5-7-18(16)26-3/h4-10H,1-3H3,(H,21,24)(H,22,23). The van der Waals surface area contributed by atoms with Crippen LogP contribution in [-0.2, 0) is 0 Å². The maximum Gasteiger partial charge on any atom is 0.273 e. The molecule has 0 saturated heterocycles.